The molecule has 86 valence electrons. The summed E-state index contributed by atoms with van der Waals surface area (Å²) in [6.07, 6.45) is 9.15. The lowest BCUT2D eigenvalue weighted by Crippen LogP contribution is -2.50. The molecule has 0 aromatic carbocycles. The first-order valence-corrected chi connectivity index (χ1v) is 6.29. The van der Waals surface area contributed by atoms with Crippen LogP contribution >= 0.6 is 0 Å². The van der Waals surface area contributed by atoms with Gasteiger partial charge in [-0.15, -0.1) is 0 Å². The van der Waals surface area contributed by atoms with Gasteiger partial charge in [0.1, 0.15) is 0 Å². The van der Waals surface area contributed by atoms with E-state index in [4.69, 9.17) is 5.73 Å². The van der Waals surface area contributed by atoms with Gasteiger partial charge in [0.25, 0.3) is 0 Å². The van der Waals surface area contributed by atoms with E-state index in [9.17, 15) is 4.79 Å². The van der Waals surface area contributed by atoms with E-state index in [-0.39, 0.29) is 5.91 Å². The van der Waals surface area contributed by atoms with Gasteiger partial charge in [-0.05, 0) is 31.6 Å². The Bertz CT molecular complexity index is 218. The molecule has 2 fully saturated rings. The predicted octanol–water partition coefficient (Wildman–Crippen LogP) is 1.56. The summed E-state index contributed by atoms with van der Waals surface area (Å²) in [5, 5.41) is 3.08. The van der Waals surface area contributed by atoms with Crippen LogP contribution < -0.4 is 11.1 Å². The number of hydrogen-bond acceptors (Lipinski definition) is 2. The van der Waals surface area contributed by atoms with Crippen molar-refractivity contribution in [3.8, 4) is 0 Å². The topological polar surface area (TPSA) is 55.1 Å². The molecule has 1 amide bonds. The minimum Gasteiger partial charge on any atom is -0.353 e. The second kappa shape index (κ2) is 4.97. The molecular weight excluding hydrogens is 188 g/mol. The first kappa shape index (κ1) is 10.9. The zero-order valence-electron chi connectivity index (χ0n) is 9.37. The number of carbonyl (C=O) groups excluding carboxylic acids is 1. The number of amides is 1. The van der Waals surface area contributed by atoms with Crippen LogP contribution in [-0.2, 0) is 4.79 Å². The maximum atomic E-state index is 11.7. The van der Waals surface area contributed by atoms with Crippen molar-refractivity contribution in [2.75, 3.05) is 0 Å². The molecule has 0 aromatic heterocycles. The fraction of sp³-hybridized carbons (Fsp3) is 0.917. The van der Waals surface area contributed by atoms with Gasteiger partial charge in [0.2, 0.25) is 5.91 Å². The molecule has 0 spiro atoms. The van der Waals surface area contributed by atoms with Gasteiger partial charge in [0.15, 0.2) is 0 Å². The van der Waals surface area contributed by atoms with E-state index in [2.05, 4.69) is 5.32 Å². The lowest BCUT2D eigenvalue weighted by Gasteiger charge is -2.33. The molecule has 0 aliphatic heterocycles. The normalized spacial score (nSPS) is 32.1. The zero-order valence-corrected chi connectivity index (χ0v) is 9.37. The Morgan fingerprint density at radius 2 is 1.87 bits per heavy atom. The van der Waals surface area contributed by atoms with E-state index in [1.54, 1.807) is 0 Å². The van der Waals surface area contributed by atoms with Crippen molar-refractivity contribution in [1.82, 2.24) is 5.32 Å². The Morgan fingerprint density at radius 3 is 2.47 bits per heavy atom. The Hall–Kier alpha value is -0.570. The van der Waals surface area contributed by atoms with Crippen LogP contribution in [0.2, 0.25) is 0 Å². The van der Waals surface area contributed by atoms with Crippen LogP contribution in [0.5, 0.6) is 0 Å². The molecule has 0 unspecified atom stereocenters. The van der Waals surface area contributed by atoms with Gasteiger partial charge in [-0.3, -0.25) is 4.79 Å². The molecule has 2 rings (SSSR count). The van der Waals surface area contributed by atoms with Crippen LogP contribution in [0.3, 0.4) is 0 Å². The molecule has 2 aliphatic rings. The highest BCUT2D eigenvalue weighted by Crippen LogP contribution is 2.26. The van der Waals surface area contributed by atoms with Gasteiger partial charge in [0.05, 0.1) is 0 Å². The van der Waals surface area contributed by atoms with Crippen molar-refractivity contribution in [3.63, 3.8) is 0 Å². The van der Waals surface area contributed by atoms with Crippen LogP contribution in [0, 0.1) is 5.92 Å². The van der Waals surface area contributed by atoms with Gasteiger partial charge in [-0.1, -0.05) is 19.3 Å². The number of nitrogens with two attached hydrogens (primary N) is 1. The van der Waals surface area contributed by atoms with E-state index in [1.165, 1.54) is 32.1 Å². The third kappa shape index (κ3) is 3.20. The SMILES string of the molecule is NC1CC(NC(=O)CC2CCCCC2)C1. The van der Waals surface area contributed by atoms with Crippen molar-refractivity contribution in [3.05, 3.63) is 0 Å². The third-order valence-corrected chi connectivity index (χ3v) is 3.74. The van der Waals surface area contributed by atoms with E-state index < -0.39 is 0 Å². The van der Waals surface area contributed by atoms with Crippen LogP contribution in [0.15, 0.2) is 0 Å². The molecule has 3 N–H and O–H groups in total. The Kier molecular flexibility index (Phi) is 3.62. The van der Waals surface area contributed by atoms with Gasteiger partial charge < -0.3 is 11.1 Å². The summed E-state index contributed by atoms with van der Waals surface area (Å²) in [7, 11) is 0. The summed E-state index contributed by atoms with van der Waals surface area (Å²) in [6, 6.07) is 0.695. The summed E-state index contributed by atoms with van der Waals surface area (Å²) in [5.41, 5.74) is 5.68. The number of hydrogen-bond donors (Lipinski definition) is 2. The quantitative estimate of drug-likeness (QED) is 0.742. The molecule has 2 aliphatic carbocycles. The maximum absolute atomic E-state index is 11.7. The molecular formula is C12H22N2O. The average Bonchev–Trinajstić information content (AvgIpc) is 2.17. The van der Waals surface area contributed by atoms with Gasteiger partial charge >= 0.3 is 0 Å². The average molecular weight is 210 g/mol. The van der Waals surface area contributed by atoms with Gasteiger partial charge in [-0.25, -0.2) is 0 Å². The smallest absolute Gasteiger partial charge is 0.220 e. The van der Waals surface area contributed by atoms with E-state index in [1.807, 2.05) is 0 Å². The number of nitrogens with one attached hydrogen (secondary N) is 1. The molecule has 2 saturated carbocycles. The fourth-order valence-corrected chi connectivity index (χ4v) is 2.72. The summed E-state index contributed by atoms with van der Waals surface area (Å²) in [4.78, 5) is 11.7. The summed E-state index contributed by atoms with van der Waals surface area (Å²) in [5.74, 6) is 0.895. The minimum absolute atomic E-state index is 0.249. The highest BCUT2D eigenvalue weighted by molar-refractivity contribution is 5.76. The highest BCUT2D eigenvalue weighted by atomic mass is 16.1. The Balaban J connectivity index is 1.63. The molecule has 0 heterocycles. The van der Waals surface area contributed by atoms with Gasteiger partial charge in [-0.2, -0.15) is 0 Å². The van der Waals surface area contributed by atoms with Crippen molar-refractivity contribution >= 4 is 5.91 Å². The van der Waals surface area contributed by atoms with E-state index in [0.29, 0.717) is 18.0 Å². The molecule has 3 nitrogen and oxygen atoms in total. The lowest BCUT2D eigenvalue weighted by atomic mass is 9.85. The second-order valence-electron chi connectivity index (χ2n) is 5.20. The van der Waals surface area contributed by atoms with Crippen molar-refractivity contribution in [1.29, 1.82) is 0 Å². The number of carbonyl (C=O) groups is 1. The van der Waals surface area contributed by atoms with Crippen molar-refractivity contribution in [2.24, 2.45) is 11.7 Å². The van der Waals surface area contributed by atoms with E-state index >= 15 is 0 Å². The standard InChI is InChI=1S/C12H22N2O/c13-10-7-11(8-10)14-12(15)6-9-4-2-1-3-5-9/h9-11H,1-8,13H2,(H,14,15). The van der Waals surface area contributed by atoms with Crippen molar-refractivity contribution < 1.29 is 4.79 Å². The summed E-state index contributed by atoms with van der Waals surface area (Å²) in [6.45, 7) is 0. The largest absolute Gasteiger partial charge is 0.353 e. The summed E-state index contributed by atoms with van der Waals surface area (Å²) >= 11 is 0. The number of rotatable bonds is 3. The Labute approximate surface area is 91.8 Å². The monoisotopic (exact) mass is 210 g/mol. The predicted molar refractivity (Wildman–Crippen MR) is 60.3 cm³/mol. The molecule has 0 radical (unpaired) electrons. The Morgan fingerprint density at radius 1 is 1.20 bits per heavy atom. The third-order valence-electron chi connectivity index (χ3n) is 3.74. The van der Waals surface area contributed by atoms with Crippen molar-refractivity contribution in [2.45, 2.75) is 63.5 Å². The van der Waals surface area contributed by atoms with Gasteiger partial charge in [0, 0.05) is 18.5 Å². The molecule has 3 heteroatoms. The summed E-state index contributed by atoms with van der Waals surface area (Å²) < 4.78 is 0. The molecule has 15 heavy (non-hydrogen) atoms. The second-order valence-corrected chi connectivity index (χ2v) is 5.20. The molecule has 0 bridgehead atoms. The van der Waals surface area contributed by atoms with E-state index in [0.717, 1.165) is 19.3 Å². The lowest BCUT2D eigenvalue weighted by molar-refractivity contribution is -0.123. The molecule has 0 saturated heterocycles. The van der Waals surface area contributed by atoms with Crippen LogP contribution in [-0.4, -0.2) is 18.0 Å². The maximum Gasteiger partial charge on any atom is 0.220 e. The molecule has 0 atom stereocenters. The highest BCUT2D eigenvalue weighted by Gasteiger charge is 2.27. The molecule has 0 aromatic rings. The minimum atomic E-state index is 0.249. The fourth-order valence-electron chi connectivity index (χ4n) is 2.72. The first-order valence-electron chi connectivity index (χ1n) is 6.29. The zero-order chi connectivity index (χ0) is 10.7. The van der Waals surface area contributed by atoms with Crippen LogP contribution in [0.1, 0.15) is 51.4 Å². The van der Waals surface area contributed by atoms with Crippen LogP contribution in [0.4, 0.5) is 0 Å². The first-order chi connectivity index (χ1) is 7.24. The van der Waals surface area contributed by atoms with Crippen LogP contribution in [0.25, 0.3) is 0 Å².